The van der Waals surface area contributed by atoms with Gasteiger partial charge in [-0.25, -0.2) is 0 Å². The van der Waals surface area contributed by atoms with Gasteiger partial charge in [-0.2, -0.15) is 0 Å². The van der Waals surface area contributed by atoms with Crippen molar-refractivity contribution in [2.45, 2.75) is 34.1 Å². The van der Waals surface area contributed by atoms with Crippen LogP contribution in [-0.4, -0.2) is 19.0 Å². The van der Waals surface area contributed by atoms with E-state index in [1.807, 2.05) is 39.8 Å². The fourth-order valence-corrected chi connectivity index (χ4v) is 1.28. The third kappa shape index (κ3) is 3.46. The van der Waals surface area contributed by atoms with E-state index < -0.39 is 0 Å². The fourth-order valence-electron chi connectivity index (χ4n) is 1.28. The maximum atomic E-state index is 11.3. The number of carbonyl (C=O) groups is 1. The van der Waals surface area contributed by atoms with Gasteiger partial charge in [-0.15, -0.1) is 0 Å². The predicted molar refractivity (Wildman–Crippen MR) is 59.3 cm³/mol. The van der Waals surface area contributed by atoms with Crippen LogP contribution in [-0.2, 0) is 9.53 Å². The zero-order valence-electron chi connectivity index (χ0n) is 9.59. The minimum Gasteiger partial charge on any atom is -0.369 e. The molecule has 0 atom stereocenters. The number of hydrogen-bond donors (Lipinski definition) is 0. The Balaban J connectivity index is 0.000000791. The van der Waals surface area contributed by atoms with E-state index in [4.69, 9.17) is 4.74 Å². The smallest absolute Gasteiger partial charge is 0.188 e. The second-order valence-corrected chi connectivity index (χ2v) is 2.76. The van der Waals surface area contributed by atoms with E-state index in [1.165, 1.54) is 0 Å². The summed E-state index contributed by atoms with van der Waals surface area (Å²) in [5, 5.41) is 0. The molecule has 1 rings (SSSR count). The highest BCUT2D eigenvalue weighted by atomic mass is 16.5. The van der Waals surface area contributed by atoms with E-state index in [0.717, 1.165) is 17.6 Å². The Morgan fingerprint density at radius 3 is 2.50 bits per heavy atom. The molecule has 0 radical (unpaired) electrons. The maximum absolute atomic E-state index is 11.3. The monoisotopic (exact) mass is 196 g/mol. The van der Waals surface area contributed by atoms with Gasteiger partial charge in [0.1, 0.15) is 6.61 Å². The molecule has 1 fully saturated rings. The van der Waals surface area contributed by atoms with Gasteiger partial charge in [-0.3, -0.25) is 4.79 Å². The number of allylic oxidation sites excluding steroid dienone is 2. The lowest BCUT2D eigenvalue weighted by molar-refractivity contribution is -0.120. The van der Waals surface area contributed by atoms with E-state index in [-0.39, 0.29) is 12.4 Å². The van der Waals surface area contributed by atoms with Crippen LogP contribution in [0.1, 0.15) is 34.1 Å². The summed E-state index contributed by atoms with van der Waals surface area (Å²) >= 11 is 0. The first-order valence-electron chi connectivity index (χ1n) is 5.26. The zero-order valence-corrected chi connectivity index (χ0v) is 9.59. The lowest BCUT2D eigenvalue weighted by Gasteiger charge is -2.17. The third-order valence-electron chi connectivity index (χ3n) is 1.89. The minimum absolute atomic E-state index is 0.108. The molecule has 0 spiro atoms. The molecular weight excluding hydrogens is 176 g/mol. The second-order valence-electron chi connectivity index (χ2n) is 2.76. The quantitative estimate of drug-likeness (QED) is 0.603. The molecule has 0 unspecified atom stereocenters. The van der Waals surface area contributed by atoms with E-state index >= 15 is 0 Å². The number of rotatable bonds is 1. The van der Waals surface area contributed by atoms with Crippen LogP contribution in [0.2, 0.25) is 0 Å². The van der Waals surface area contributed by atoms with E-state index in [9.17, 15) is 4.79 Å². The molecule has 0 aromatic carbocycles. The van der Waals surface area contributed by atoms with Gasteiger partial charge in [0.2, 0.25) is 0 Å². The van der Waals surface area contributed by atoms with Crippen molar-refractivity contribution in [2.75, 3.05) is 13.2 Å². The van der Waals surface area contributed by atoms with Crippen molar-refractivity contribution < 1.29 is 9.53 Å². The fraction of sp³-hybridized carbons (Fsp3) is 0.583. The van der Waals surface area contributed by atoms with Crippen molar-refractivity contribution in [3.05, 3.63) is 23.3 Å². The zero-order chi connectivity index (χ0) is 11.0. The summed E-state index contributed by atoms with van der Waals surface area (Å²) in [6.07, 6.45) is 4.82. The lowest BCUT2D eigenvalue weighted by Crippen LogP contribution is -2.22. The Morgan fingerprint density at radius 1 is 1.36 bits per heavy atom. The van der Waals surface area contributed by atoms with E-state index in [2.05, 4.69) is 0 Å². The average Bonchev–Trinajstić information content (AvgIpc) is 2.24. The van der Waals surface area contributed by atoms with Crippen molar-refractivity contribution >= 4 is 5.78 Å². The number of hydrogen-bond acceptors (Lipinski definition) is 2. The van der Waals surface area contributed by atoms with Gasteiger partial charge in [-0.05, 0) is 18.9 Å². The van der Waals surface area contributed by atoms with Crippen LogP contribution in [0.4, 0.5) is 0 Å². The normalized spacial score (nSPS) is 22.1. The van der Waals surface area contributed by atoms with Crippen LogP contribution in [0, 0.1) is 0 Å². The molecule has 0 aromatic rings. The summed E-state index contributed by atoms with van der Waals surface area (Å²) < 4.78 is 5.10. The molecule has 1 saturated heterocycles. The molecule has 1 heterocycles. The highest BCUT2D eigenvalue weighted by Gasteiger charge is 2.18. The summed E-state index contributed by atoms with van der Waals surface area (Å²) in [6.45, 7) is 8.78. The lowest BCUT2D eigenvalue weighted by atomic mass is 9.99. The molecule has 0 saturated carbocycles. The van der Waals surface area contributed by atoms with Crippen molar-refractivity contribution in [3.8, 4) is 0 Å². The van der Waals surface area contributed by atoms with Gasteiger partial charge in [0.05, 0.1) is 6.61 Å². The van der Waals surface area contributed by atoms with Crippen molar-refractivity contribution in [1.29, 1.82) is 0 Å². The maximum Gasteiger partial charge on any atom is 0.188 e. The predicted octanol–water partition coefficient (Wildman–Crippen LogP) is 2.89. The van der Waals surface area contributed by atoms with Crippen LogP contribution in [0.25, 0.3) is 0 Å². The Labute approximate surface area is 86.6 Å². The molecule has 0 amide bonds. The first-order valence-corrected chi connectivity index (χ1v) is 5.26. The Morgan fingerprint density at radius 2 is 2.00 bits per heavy atom. The molecule has 1 aliphatic heterocycles. The summed E-state index contributed by atoms with van der Waals surface area (Å²) in [4.78, 5) is 11.3. The minimum atomic E-state index is 0.108. The van der Waals surface area contributed by atoms with Crippen molar-refractivity contribution in [3.63, 3.8) is 0 Å². The Bertz CT molecular complexity index is 237. The molecule has 14 heavy (non-hydrogen) atoms. The standard InChI is InChI=1S/C10H14O2.C2H6/c1-3-5-9-8(4-2)6-12-7-10(9)11;1-2/h4-5H,3,6-7H2,1-2H3;1-2H3/b8-4-,9-5+;. The topological polar surface area (TPSA) is 26.3 Å². The molecule has 2 nitrogen and oxygen atoms in total. The molecule has 0 N–H and O–H groups in total. The van der Waals surface area contributed by atoms with Crippen LogP contribution >= 0.6 is 0 Å². The summed E-state index contributed by atoms with van der Waals surface area (Å²) in [6, 6.07) is 0. The number of carbonyl (C=O) groups excluding carboxylic acids is 1. The van der Waals surface area contributed by atoms with Crippen molar-refractivity contribution in [2.24, 2.45) is 0 Å². The average molecular weight is 196 g/mol. The first-order chi connectivity index (χ1) is 6.79. The van der Waals surface area contributed by atoms with Crippen LogP contribution < -0.4 is 0 Å². The SMILES string of the molecule is C/C=C1/COCC(=O)/C1=C/CC.CC. The molecular formula is C12H20O2. The molecule has 2 heteroatoms. The van der Waals surface area contributed by atoms with E-state index in [1.54, 1.807) is 0 Å². The Kier molecular flexibility index (Phi) is 7.03. The van der Waals surface area contributed by atoms with Gasteiger partial charge < -0.3 is 4.74 Å². The first kappa shape index (κ1) is 13.1. The molecule has 0 bridgehead atoms. The molecule has 80 valence electrons. The molecule has 1 aliphatic rings. The van der Waals surface area contributed by atoms with Gasteiger partial charge in [0.25, 0.3) is 0 Å². The largest absolute Gasteiger partial charge is 0.369 e. The highest BCUT2D eigenvalue weighted by Crippen LogP contribution is 2.17. The van der Waals surface area contributed by atoms with Crippen LogP contribution in [0.5, 0.6) is 0 Å². The van der Waals surface area contributed by atoms with Gasteiger partial charge in [-0.1, -0.05) is 32.9 Å². The summed E-state index contributed by atoms with van der Waals surface area (Å²) in [5.74, 6) is 0.108. The molecule has 0 aromatic heterocycles. The Hall–Kier alpha value is -0.890. The third-order valence-corrected chi connectivity index (χ3v) is 1.89. The van der Waals surface area contributed by atoms with Crippen molar-refractivity contribution in [1.82, 2.24) is 0 Å². The van der Waals surface area contributed by atoms with Gasteiger partial charge in [0.15, 0.2) is 5.78 Å². The number of ether oxygens (including phenoxy) is 1. The summed E-state index contributed by atoms with van der Waals surface area (Å²) in [5.41, 5.74) is 1.87. The summed E-state index contributed by atoms with van der Waals surface area (Å²) in [7, 11) is 0. The van der Waals surface area contributed by atoms with Gasteiger partial charge >= 0.3 is 0 Å². The van der Waals surface area contributed by atoms with Gasteiger partial charge in [0, 0.05) is 5.57 Å². The number of Topliss-reactive ketones (excluding diaryl/α,β-unsaturated/α-hetero) is 1. The van der Waals surface area contributed by atoms with Crippen LogP contribution in [0.3, 0.4) is 0 Å². The second kappa shape index (κ2) is 7.51. The van der Waals surface area contributed by atoms with Crippen LogP contribution in [0.15, 0.2) is 23.3 Å². The number of ketones is 1. The van der Waals surface area contributed by atoms with E-state index in [0.29, 0.717) is 6.61 Å². The molecule has 0 aliphatic carbocycles. The highest BCUT2D eigenvalue weighted by molar-refractivity contribution is 6.01.